The fraction of sp³-hybridized carbons (Fsp3) is 0.667. The van der Waals surface area contributed by atoms with Crippen LogP contribution in [0.3, 0.4) is 0 Å². The van der Waals surface area contributed by atoms with E-state index < -0.39 is 10.5 Å². The molecule has 9 heteroatoms. The molecule has 0 aromatic carbocycles. The highest BCUT2D eigenvalue weighted by molar-refractivity contribution is 5.60. The number of likely N-dealkylation sites (N-methyl/N-ethyl adjacent to an activating group) is 1. The molecule has 1 atom stereocenters. The summed E-state index contributed by atoms with van der Waals surface area (Å²) in [6.07, 6.45) is 0. The Morgan fingerprint density at radius 1 is 1.43 bits per heavy atom. The van der Waals surface area contributed by atoms with Crippen LogP contribution in [-0.2, 0) is 0 Å². The maximum absolute atomic E-state index is 11.1. The van der Waals surface area contributed by atoms with Gasteiger partial charge >= 0.3 is 5.69 Å². The van der Waals surface area contributed by atoms with Crippen LogP contribution in [-0.4, -0.2) is 64.7 Å². The third-order valence-electron chi connectivity index (χ3n) is 2.76. The van der Waals surface area contributed by atoms with Gasteiger partial charge < -0.3 is 20.6 Å². The summed E-state index contributed by atoms with van der Waals surface area (Å²) in [5.41, 5.74) is -0.973. The highest BCUT2D eigenvalue weighted by Crippen LogP contribution is 2.26. The van der Waals surface area contributed by atoms with Crippen LogP contribution in [0, 0.1) is 17.0 Å². The molecule has 0 aliphatic carbocycles. The van der Waals surface area contributed by atoms with E-state index in [9.17, 15) is 15.2 Å². The fourth-order valence-electron chi connectivity index (χ4n) is 2.03. The van der Waals surface area contributed by atoms with E-state index in [4.69, 9.17) is 0 Å². The largest absolute Gasteiger partial charge is 0.387 e. The highest BCUT2D eigenvalue weighted by Gasteiger charge is 2.26. The first kappa shape index (κ1) is 17.1. The van der Waals surface area contributed by atoms with E-state index in [1.807, 2.05) is 19.0 Å². The SMILES string of the molecule is CNc1nc(C)c([N+](=O)[O-])c(NCC(C)(O)CN(C)C)n1. The third kappa shape index (κ3) is 4.80. The van der Waals surface area contributed by atoms with Gasteiger partial charge in [-0.05, 0) is 27.9 Å². The van der Waals surface area contributed by atoms with E-state index >= 15 is 0 Å². The quantitative estimate of drug-likeness (QED) is 0.491. The van der Waals surface area contributed by atoms with Crippen LogP contribution >= 0.6 is 0 Å². The Morgan fingerprint density at radius 2 is 2.05 bits per heavy atom. The molecular weight excluding hydrogens is 276 g/mol. The van der Waals surface area contributed by atoms with Gasteiger partial charge in [-0.2, -0.15) is 4.98 Å². The van der Waals surface area contributed by atoms with Crippen molar-refractivity contribution < 1.29 is 10.0 Å². The molecule has 0 bridgehead atoms. The van der Waals surface area contributed by atoms with Gasteiger partial charge in [-0.1, -0.05) is 0 Å². The monoisotopic (exact) mass is 298 g/mol. The van der Waals surface area contributed by atoms with Gasteiger partial charge in [0, 0.05) is 20.1 Å². The van der Waals surface area contributed by atoms with Gasteiger partial charge in [0.2, 0.25) is 11.8 Å². The van der Waals surface area contributed by atoms with Crippen LogP contribution in [0.25, 0.3) is 0 Å². The molecule has 1 rings (SSSR count). The van der Waals surface area contributed by atoms with Gasteiger partial charge in [0.05, 0.1) is 10.5 Å². The van der Waals surface area contributed by atoms with Crippen LogP contribution < -0.4 is 10.6 Å². The van der Waals surface area contributed by atoms with Crippen LogP contribution in [0.4, 0.5) is 17.5 Å². The van der Waals surface area contributed by atoms with Crippen molar-refractivity contribution in [1.82, 2.24) is 14.9 Å². The topological polar surface area (TPSA) is 116 Å². The summed E-state index contributed by atoms with van der Waals surface area (Å²) < 4.78 is 0. The number of rotatable bonds is 7. The maximum Gasteiger partial charge on any atom is 0.332 e. The lowest BCUT2D eigenvalue weighted by atomic mass is 10.1. The standard InChI is InChI=1S/C12H22N6O3/c1-8-9(18(20)21)10(16-11(13-3)15-8)14-6-12(2,19)7-17(4)5/h19H,6-7H2,1-5H3,(H2,13,14,15,16). The van der Waals surface area contributed by atoms with Gasteiger partial charge in [0.25, 0.3) is 0 Å². The highest BCUT2D eigenvalue weighted by atomic mass is 16.6. The Hall–Kier alpha value is -2.00. The molecule has 0 fully saturated rings. The molecule has 0 spiro atoms. The van der Waals surface area contributed by atoms with Gasteiger partial charge in [-0.15, -0.1) is 0 Å². The first-order valence-corrected chi connectivity index (χ1v) is 6.48. The van der Waals surface area contributed by atoms with Crippen molar-refractivity contribution in [3.63, 3.8) is 0 Å². The smallest absolute Gasteiger partial charge is 0.332 e. The van der Waals surface area contributed by atoms with E-state index in [-0.39, 0.29) is 29.7 Å². The number of aromatic nitrogens is 2. The van der Waals surface area contributed by atoms with Crippen LogP contribution in [0.5, 0.6) is 0 Å². The zero-order chi connectivity index (χ0) is 16.2. The molecule has 0 saturated heterocycles. The zero-order valence-electron chi connectivity index (χ0n) is 13.0. The fourth-order valence-corrected chi connectivity index (χ4v) is 2.03. The molecule has 0 amide bonds. The van der Waals surface area contributed by atoms with Crippen molar-refractivity contribution >= 4 is 17.5 Å². The van der Waals surface area contributed by atoms with Gasteiger partial charge in [0.1, 0.15) is 5.69 Å². The number of hydrogen-bond donors (Lipinski definition) is 3. The number of nitro groups is 1. The molecule has 9 nitrogen and oxygen atoms in total. The van der Waals surface area contributed by atoms with E-state index in [0.29, 0.717) is 6.54 Å². The minimum atomic E-state index is -1.05. The average molecular weight is 298 g/mol. The van der Waals surface area contributed by atoms with Crippen molar-refractivity contribution in [2.24, 2.45) is 0 Å². The van der Waals surface area contributed by atoms with E-state index in [2.05, 4.69) is 20.6 Å². The molecule has 1 unspecified atom stereocenters. The number of aliphatic hydroxyl groups is 1. The van der Waals surface area contributed by atoms with Crippen LogP contribution in [0.1, 0.15) is 12.6 Å². The molecule has 0 aliphatic heterocycles. The Bertz CT molecular complexity index is 518. The normalized spacial score (nSPS) is 13.9. The molecule has 1 heterocycles. The first-order chi connectivity index (χ1) is 9.66. The maximum atomic E-state index is 11.1. The van der Waals surface area contributed by atoms with Crippen LogP contribution in [0.15, 0.2) is 0 Å². The van der Waals surface area contributed by atoms with E-state index in [1.54, 1.807) is 20.9 Å². The third-order valence-corrected chi connectivity index (χ3v) is 2.76. The molecule has 21 heavy (non-hydrogen) atoms. The second kappa shape index (κ2) is 6.64. The van der Waals surface area contributed by atoms with Crippen molar-refractivity contribution in [3.8, 4) is 0 Å². The Labute approximate surface area is 123 Å². The number of nitrogens with one attached hydrogen (secondary N) is 2. The first-order valence-electron chi connectivity index (χ1n) is 6.48. The predicted molar refractivity (Wildman–Crippen MR) is 80.6 cm³/mol. The van der Waals surface area contributed by atoms with Crippen molar-refractivity contribution in [3.05, 3.63) is 15.8 Å². The number of aryl methyl sites for hydroxylation is 1. The number of nitrogens with zero attached hydrogens (tertiary/aromatic N) is 4. The second-order valence-corrected chi connectivity index (χ2v) is 5.43. The average Bonchev–Trinajstić information content (AvgIpc) is 2.33. The Balaban J connectivity index is 3.01. The number of hydrogen-bond acceptors (Lipinski definition) is 8. The van der Waals surface area contributed by atoms with Crippen molar-refractivity contribution in [1.29, 1.82) is 0 Å². The summed E-state index contributed by atoms with van der Waals surface area (Å²) in [7, 11) is 5.31. The minimum absolute atomic E-state index is 0.0934. The van der Waals surface area contributed by atoms with Gasteiger partial charge in [0.15, 0.2) is 0 Å². The van der Waals surface area contributed by atoms with Gasteiger partial charge in [-0.25, -0.2) is 4.98 Å². The molecule has 0 radical (unpaired) electrons. The Kier molecular flexibility index (Phi) is 5.39. The van der Waals surface area contributed by atoms with Crippen molar-refractivity contribution in [2.75, 3.05) is 44.9 Å². The lowest BCUT2D eigenvalue weighted by Gasteiger charge is -2.27. The predicted octanol–water partition coefficient (Wildman–Crippen LogP) is 0.459. The minimum Gasteiger partial charge on any atom is -0.387 e. The molecule has 0 aliphatic rings. The van der Waals surface area contributed by atoms with E-state index in [0.717, 1.165) is 0 Å². The summed E-state index contributed by atoms with van der Waals surface area (Å²) in [4.78, 5) is 20.5. The van der Waals surface area contributed by atoms with Crippen molar-refractivity contribution in [2.45, 2.75) is 19.4 Å². The molecule has 0 saturated carbocycles. The van der Waals surface area contributed by atoms with Crippen LogP contribution in [0.2, 0.25) is 0 Å². The summed E-state index contributed by atoms with van der Waals surface area (Å²) in [5.74, 6) is 0.378. The molecule has 1 aromatic rings. The molecular formula is C12H22N6O3. The lowest BCUT2D eigenvalue weighted by Crippen LogP contribution is -2.43. The molecule has 1 aromatic heterocycles. The van der Waals surface area contributed by atoms with E-state index in [1.165, 1.54) is 0 Å². The molecule has 118 valence electrons. The lowest BCUT2D eigenvalue weighted by molar-refractivity contribution is -0.385. The summed E-state index contributed by atoms with van der Waals surface area (Å²) in [6.45, 7) is 3.74. The number of anilines is 2. The Morgan fingerprint density at radius 3 is 2.52 bits per heavy atom. The summed E-state index contributed by atoms with van der Waals surface area (Å²) >= 11 is 0. The second-order valence-electron chi connectivity index (χ2n) is 5.43. The summed E-state index contributed by atoms with van der Waals surface area (Å²) in [5, 5.41) is 27.0. The van der Waals surface area contributed by atoms with Gasteiger partial charge in [-0.3, -0.25) is 10.1 Å². The summed E-state index contributed by atoms with van der Waals surface area (Å²) in [6, 6.07) is 0. The zero-order valence-corrected chi connectivity index (χ0v) is 13.0. The molecule has 3 N–H and O–H groups in total.